The molecule has 32 heavy (non-hydrogen) atoms. The first-order chi connectivity index (χ1) is 15.6. The lowest BCUT2D eigenvalue weighted by molar-refractivity contribution is -0.140. The highest BCUT2D eigenvalue weighted by Gasteiger charge is 2.30. The van der Waals surface area contributed by atoms with Gasteiger partial charge in [-0.15, -0.1) is 0 Å². The fourth-order valence-corrected chi connectivity index (χ4v) is 3.58. The van der Waals surface area contributed by atoms with Gasteiger partial charge < -0.3 is 10.2 Å². The third-order valence-electron chi connectivity index (χ3n) is 5.28. The summed E-state index contributed by atoms with van der Waals surface area (Å²) in [7, 11) is 0. The number of carbonyl (C=O) groups is 2. The minimum Gasteiger partial charge on any atom is -0.354 e. The minimum absolute atomic E-state index is 0.0967. The largest absolute Gasteiger partial charge is 0.354 e. The number of hydrogen-bond donors (Lipinski definition) is 1. The van der Waals surface area contributed by atoms with Gasteiger partial charge in [-0.1, -0.05) is 79.7 Å². The lowest BCUT2D eigenvalue weighted by Crippen LogP contribution is -2.51. The maximum atomic E-state index is 13.5. The van der Waals surface area contributed by atoms with Crippen molar-refractivity contribution >= 4 is 11.8 Å². The third-order valence-corrected chi connectivity index (χ3v) is 5.28. The van der Waals surface area contributed by atoms with Crippen molar-refractivity contribution in [2.24, 2.45) is 0 Å². The van der Waals surface area contributed by atoms with Gasteiger partial charge in [0.2, 0.25) is 11.8 Å². The molecule has 4 nitrogen and oxygen atoms in total. The van der Waals surface area contributed by atoms with Gasteiger partial charge in [-0.2, -0.15) is 0 Å². The summed E-state index contributed by atoms with van der Waals surface area (Å²) in [4.78, 5) is 28.3. The Labute approximate surface area is 189 Å². The first-order valence-corrected chi connectivity index (χ1v) is 11.0. The maximum absolute atomic E-state index is 13.5. The standard InChI is InChI=1S/C27H29FN2O2/c1-2-17-29-27(32)25(18-21-9-5-3-6-10-21)30(20-23-11-7-4-8-12-23)26(31)19-22-13-15-24(28)16-14-22/h3-16,25H,2,17-20H2,1H3,(H,29,32)/t25-/m1/s1. The summed E-state index contributed by atoms with van der Waals surface area (Å²) in [6.07, 6.45) is 1.32. The first-order valence-electron chi connectivity index (χ1n) is 11.0. The Balaban J connectivity index is 1.92. The van der Waals surface area contributed by atoms with Gasteiger partial charge in [0.05, 0.1) is 6.42 Å². The molecule has 1 atom stereocenters. The zero-order valence-electron chi connectivity index (χ0n) is 18.3. The lowest BCUT2D eigenvalue weighted by atomic mass is 10.0. The van der Waals surface area contributed by atoms with E-state index in [1.54, 1.807) is 17.0 Å². The zero-order valence-corrected chi connectivity index (χ0v) is 18.3. The van der Waals surface area contributed by atoms with E-state index in [9.17, 15) is 14.0 Å². The summed E-state index contributed by atoms with van der Waals surface area (Å²) in [6, 6.07) is 24.6. The molecule has 0 spiro atoms. The molecule has 0 radical (unpaired) electrons. The quantitative estimate of drug-likeness (QED) is 0.512. The van der Waals surface area contributed by atoms with E-state index in [0.29, 0.717) is 25.1 Å². The topological polar surface area (TPSA) is 49.4 Å². The Kier molecular flexibility index (Phi) is 8.55. The van der Waals surface area contributed by atoms with Crippen molar-refractivity contribution < 1.29 is 14.0 Å². The van der Waals surface area contributed by atoms with E-state index >= 15 is 0 Å². The SMILES string of the molecule is CCCNC(=O)[C@@H](Cc1ccccc1)N(Cc1ccccc1)C(=O)Cc1ccc(F)cc1. The molecular weight excluding hydrogens is 403 g/mol. The molecule has 0 aliphatic rings. The lowest BCUT2D eigenvalue weighted by Gasteiger charge is -2.31. The van der Waals surface area contributed by atoms with Crippen LogP contribution in [0.1, 0.15) is 30.0 Å². The molecule has 0 aliphatic carbocycles. The molecule has 1 N–H and O–H groups in total. The molecule has 0 fully saturated rings. The number of halogens is 1. The summed E-state index contributed by atoms with van der Waals surface area (Å²) in [5, 5.41) is 2.96. The number of carbonyl (C=O) groups excluding carboxylic acids is 2. The van der Waals surface area contributed by atoms with E-state index in [1.165, 1.54) is 12.1 Å². The van der Waals surface area contributed by atoms with Crippen LogP contribution in [0.25, 0.3) is 0 Å². The second-order valence-electron chi connectivity index (χ2n) is 7.81. The molecule has 0 bridgehead atoms. The van der Waals surface area contributed by atoms with E-state index in [4.69, 9.17) is 0 Å². The molecule has 0 heterocycles. The normalized spacial score (nSPS) is 11.6. The van der Waals surface area contributed by atoms with Crippen LogP contribution in [-0.4, -0.2) is 29.3 Å². The highest BCUT2D eigenvalue weighted by molar-refractivity contribution is 5.88. The molecule has 2 amide bonds. The third kappa shape index (κ3) is 6.77. The van der Waals surface area contributed by atoms with Crippen LogP contribution in [0, 0.1) is 5.82 Å². The van der Waals surface area contributed by atoms with Gasteiger partial charge in [0.25, 0.3) is 0 Å². The van der Waals surface area contributed by atoms with Crippen LogP contribution in [0.3, 0.4) is 0 Å². The Morgan fingerprint density at radius 3 is 2.03 bits per heavy atom. The van der Waals surface area contributed by atoms with Crippen molar-refractivity contribution in [2.75, 3.05) is 6.54 Å². The van der Waals surface area contributed by atoms with E-state index in [2.05, 4.69) is 5.32 Å². The van der Waals surface area contributed by atoms with Crippen molar-refractivity contribution in [1.29, 1.82) is 0 Å². The zero-order chi connectivity index (χ0) is 22.8. The number of rotatable bonds is 10. The summed E-state index contributed by atoms with van der Waals surface area (Å²) < 4.78 is 13.3. The van der Waals surface area contributed by atoms with E-state index in [1.807, 2.05) is 67.6 Å². The van der Waals surface area contributed by atoms with Crippen molar-refractivity contribution in [1.82, 2.24) is 10.2 Å². The Morgan fingerprint density at radius 2 is 1.44 bits per heavy atom. The van der Waals surface area contributed by atoms with E-state index in [-0.39, 0.29) is 24.1 Å². The van der Waals surface area contributed by atoms with Crippen molar-refractivity contribution in [3.63, 3.8) is 0 Å². The van der Waals surface area contributed by atoms with Gasteiger partial charge in [0.15, 0.2) is 0 Å². The van der Waals surface area contributed by atoms with Crippen molar-refractivity contribution in [2.45, 2.75) is 38.8 Å². The molecule has 0 aromatic heterocycles. The molecule has 0 aliphatic heterocycles. The van der Waals surface area contributed by atoms with Gasteiger partial charge >= 0.3 is 0 Å². The molecule has 0 saturated heterocycles. The number of amides is 2. The number of nitrogens with one attached hydrogen (secondary N) is 1. The van der Waals surface area contributed by atoms with Crippen LogP contribution in [0.5, 0.6) is 0 Å². The van der Waals surface area contributed by atoms with Crippen LogP contribution in [-0.2, 0) is 29.0 Å². The fraction of sp³-hybridized carbons (Fsp3) is 0.259. The van der Waals surface area contributed by atoms with Gasteiger partial charge in [-0.3, -0.25) is 9.59 Å². The molecule has 166 valence electrons. The predicted octanol–water partition coefficient (Wildman–Crippen LogP) is 4.53. The summed E-state index contributed by atoms with van der Waals surface area (Å²) in [5.41, 5.74) is 2.64. The monoisotopic (exact) mass is 432 g/mol. The average Bonchev–Trinajstić information content (AvgIpc) is 2.82. The van der Waals surface area contributed by atoms with Gasteiger partial charge in [0.1, 0.15) is 11.9 Å². The molecule has 0 unspecified atom stereocenters. The number of nitrogens with zero attached hydrogens (tertiary/aromatic N) is 1. The van der Waals surface area contributed by atoms with Gasteiger partial charge in [-0.25, -0.2) is 4.39 Å². The maximum Gasteiger partial charge on any atom is 0.243 e. The number of benzene rings is 3. The average molecular weight is 433 g/mol. The van der Waals surface area contributed by atoms with Crippen LogP contribution < -0.4 is 5.32 Å². The van der Waals surface area contributed by atoms with Gasteiger partial charge in [0, 0.05) is 19.5 Å². The molecule has 3 aromatic rings. The number of hydrogen-bond acceptors (Lipinski definition) is 2. The summed E-state index contributed by atoms with van der Waals surface area (Å²) in [5.74, 6) is -0.685. The molecule has 3 rings (SSSR count). The molecule has 5 heteroatoms. The first kappa shape index (κ1) is 23.2. The van der Waals surface area contributed by atoms with E-state index in [0.717, 1.165) is 17.5 Å². The highest BCUT2D eigenvalue weighted by atomic mass is 19.1. The Bertz CT molecular complexity index is 991. The van der Waals surface area contributed by atoms with Crippen LogP contribution in [0.15, 0.2) is 84.9 Å². The molecule has 3 aromatic carbocycles. The van der Waals surface area contributed by atoms with Crippen molar-refractivity contribution in [3.05, 3.63) is 107 Å². The predicted molar refractivity (Wildman–Crippen MR) is 124 cm³/mol. The summed E-state index contributed by atoms with van der Waals surface area (Å²) in [6.45, 7) is 2.86. The molecule has 0 saturated carbocycles. The second-order valence-corrected chi connectivity index (χ2v) is 7.81. The van der Waals surface area contributed by atoms with E-state index < -0.39 is 6.04 Å². The fourth-order valence-electron chi connectivity index (χ4n) is 3.58. The Hall–Kier alpha value is -3.47. The van der Waals surface area contributed by atoms with Crippen LogP contribution in [0.4, 0.5) is 4.39 Å². The smallest absolute Gasteiger partial charge is 0.243 e. The molecular formula is C27H29FN2O2. The van der Waals surface area contributed by atoms with Crippen LogP contribution in [0.2, 0.25) is 0 Å². The minimum atomic E-state index is -0.655. The second kappa shape index (κ2) is 11.8. The highest BCUT2D eigenvalue weighted by Crippen LogP contribution is 2.17. The van der Waals surface area contributed by atoms with Crippen LogP contribution >= 0.6 is 0 Å². The Morgan fingerprint density at radius 1 is 0.844 bits per heavy atom. The van der Waals surface area contributed by atoms with Gasteiger partial charge in [-0.05, 0) is 35.2 Å². The van der Waals surface area contributed by atoms with Crippen molar-refractivity contribution in [3.8, 4) is 0 Å². The summed E-state index contributed by atoms with van der Waals surface area (Å²) >= 11 is 0.